The SMILES string of the molecule is Cl.NC(=O)[C@H](CO)NC(=O)[C@@H](N)Cc1ccc(O)cc1. The van der Waals surface area contributed by atoms with Gasteiger partial charge in [-0.1, -0.05) is 12.1 Å². The molecule has 0 aromatic heterocycles. The minimum absolute atomic E-state index is 0. The molecule has 1 aromatic rings. The van der Waals surface area contributed by atoms with Gasteiger partial charge in [-0.3, -0.25) is 9.59 Å². The number of nitrogens with one attached hydrogen (secondary N) is 1. The molecule has 7 N–H and O–H groups in total. The second-order valence-electron chi connectivity index (χ2n) is 4.12. The van der Waals surface area contributed by atoms with Gasteiger partial charge in [0.2, 0.25) is 11.8 Å². The van der Waals surface area contributed by atoms with E-state index in [4.69, 9.17) is 21.7 Å². The van der Waals surface area contributed by atoms with Crippen LogP contribution in [0.3, 0.4) is 0 Å². The van der Waals surface area contributed by atoms with Crippen LogP contribution in [0.2, 0.25) is 0 Å². The number of halogens is 1. The van der Waals surface area contributed by atoms with Crippen LogP contribution in [0.5, 0.6) is 5.75 Å². The maximum absolute atomic E-state index is 11.7. The number of phenolic OH excluding ortho intramolecular Hbond substituents is 1. The van der Waals surface area contributed by atoms with E-state index in [9.17, 15) is 9.59 Å². The van der Waals surface area contributed by atoms with Crippen molar-refractivity contribution in [3.05, 3.63) is 29.8 Å². The molecule has 0 saturated heterocycles. The number of primary amides is 1. The van der Waals surface area contributed by atoms with Crippen molar-refractivity contribution in [3.8, 4) is 5.75 Å². The smallest absolute Gasteiger partial charge is 0.242 e. The van der Waals surface area contributed by atoms with E-state index < -0.39 is 30.5 Å². The molecule has 0 aliphatic carbocycles. The Hall–Kier alpha value is -1.83. The standard InChI is InChI=1S/C12H17N3O4.ClH/c13-9(5-7-1-3-8(17)4-2-7)12(19)15-10(6-16)11(14)18;/h1-4,9-10,16-17H,5-6,13H2,(H2,14,18)(H,15,19);1H/t9-,10-;/m0./s1. The Morgan fingerprint density at radius 2 is 1.80 bits per heavy atom. The number of amides is 2. The monoisotopic (exact) mass is 303 g/mol. The van der Waals surface area contributed by atoms with Gasteiger partial charge in [-0.25, -0.2) is 0 Å². The average molecular weight is 304 g/mol. The highest BCUT2D eigenvalue weighted by Crippen LogP contribution is 2.10. The second kappa shape index (κ2) is 8.36. The number of aliphatic hydroxyl groups excluding tert-OH is 1. The number of benzene rings is 1. The van der Waals surface area contributed by atoms with Gasteiger partial charge in [0.15, 0.2) is 0 Å². The van der Waals surface area contributed by atoms with Gasteiger partial charge in [-0.05, 0) is 24.1 Å². The summed E-state index contributed by atoms with van der Waals surface area (Å²) in [6.45, 7) is -0.576. The highest BCUT2D eigenvalue weighted by atomic mass is 35.5. The molecule has 0 bridgehead atoms. The molecule has 0 heterocycles. The first kappa shape index (κ1) is 18.2. The third-order valence-corrected chi connectivity index (χ3v) is 2.57. The summed E-state index contributed by atoms with van der Waals surface area (Å²) in [5.41, 5.74) is 11.4. The summed E-state index contributed by atoms with van der Waals surface area (Å²) >= 11 is 0. The summed E-state index contributed by atoms with van der Waals surface area (Å²) in [6.07, 6.45) is 0.239. The van der Waals surface area contributed by atoms with Crippen molar-refractivity contribution in [1.82, 2.24) is 5.32 Å². The molecule has 0 radical (unpaired) electrons. The van der Waals surface area contributed by atoms with Crippen LogP contribution in [0.4, 0.5) is 0 Å². The van der Waals surface area contributed by atoms with Crippen LogP contribution in [-0.2, 0) is 16.0 Å². The van der Waals surface area contributed by atoms with Gasteiger partial charge in [0.05, 0.1) is 12.6 Å². The van der Waals surface area contributed by atoms with Crippen LogP contribution < -0.4 is 16.8 Å². The molecule has 0 saturated carbocycles. The maximum Gasteiger partial charge on any atom is 0.242 e. The van der Waals surface area contributed by atoms with Gasteiger partial charge in [-0.2, -0.15) is 0 Å². The van der Waals surface area contributed by atoms with Crippen molar-refractivity contribution in [2.24, 2.45) is 11.5 Å². The Kier molecular flexibility index (Phi) is 7.60. The Morgan fingerprint density at radius 1 is 1.25 bits per heavy atom. The lowest BCUT2D eigenvalue weighted by Crippen LogP contribution is -2.52. The van der Waals surface area contributed by atoms with Gasteiger partial charge in [0.1, 0.15) is 11.8 Å². The molecule has 2 atom stereocenters. The van der Waals surface area contributed by atoms with E-state index in [1.807, 2.05) is 0 Å². The minimum Gasteiger partial charge on any atom is -0.508 e. The second-order valence-corrected chi connectivity index (χ2v) is 4.12. The van der Waals surface area contributed by atoms with Crippen molar-refractivity contribution in [1.29, 1.82) is 0 Å². The van der Waals surface area contributed by atoms with Gasteiger partial charge in [0.25, 0.3) is 0 Å². The van der Waals surface area contributed by atoms with Gasteiger partial charge >= 0.3 is 0 Å². The predicted molar refractivity (Wildman–Crippen MR) is 75.2 cm³/mol. The van der Waals surface area contributed by atoms with Crippen LogP contribution in [-0.4, -0.2) is 40.7 Å². The number of hydrogen-bond donors (Lipinski definition) is 5. The maximum atomic E-state index is 11.7. The first-order chi connectivity index (χ1) is 8.93. The molecule has 0 aliphatic rings. The van der Waals surface area contributed by atoms with E-state index in [1.165, 1.54) is 12.1 Å². The molecule has 7 nitrogen and oxygen atoms in total. The molecule has 0 unspecified atom stereocenters. The zero-order valence-electron chi connectivity index (χ0n) is 10.7. The quantitative estimate of drug-likeness (QED) is 0.442. The lowest BCUT2D eigenvalue weighted by Gasteiger charge is -2.16. The Labute approximate surface area is 122 Å². The summed E-state index contributed by atoms with van der Waals surface area (Å²) in [4.78, 5) is 22.5. The average Bonchev–Trinajstić information content (AvgIpc) is 2.37. The molecule has 0 fully saturated rings. The van der Waals surface area contributed by atoms with Crippen molar-refractivity contribution in [2.45, 2.75) is 18.5 Å². The van der Waals surface area contributed by atoms with E-state index in [1.54, 1.807) is 12.1 Å². The number of rotatable bonds is 6. The van der Waals surface area contributed by atoms with Crippen molar-refractivity contribution in [3.63, 3.8) is 0 Å². The summed E-state index contributed by atoms with van der Waals surface area (Å²) in [6, 6.07) is 4.23. The van der Waals surface area contributed by atoms with E-state index in [2.05, 4.69) is 5.32 Å². The summed E-state index contributed by atoms with van der Waals surface area (Å²) < 4.78 is 0. The molecular formula is C12H18ClN3O4. The van der Waals surface area contributed by atoms with Crippen LogP contribution >= 0.6 is 12.4 Å². The summed E-state index contributed by atoms with van der Waals surface area (Å²) in [5.74, 6) is -1.28. The van der Waals surface area contributed by atoms with Gasteiger partial charge in [-0.15, -0.1) is 12.4 Å². The van der Waals surface area contributed by atoms with Crippen LogP contribution in [0, 0.1) is 0 Å². The fourth-order valence-electron chi connectivity index (χ4n) is 1.46. The molecule has 0 spiro atoms. The lowest BCUT2D eigenvalue weighted by atomic mass is 10.1. The van der Waals surface area contributed by atoms with Crippen LogP contribution in [0.1, 0.15) is 5.56 Å². The zero-order valence-corrected chi connectivity index (χ0v) is 11.5. The Bertz CT molecular complexity index is 453. The van der Waals surface area contributed by atoms with Crippen LogP contribution in [0.25, 0.3) is 0 Å². The van der Waals surface area contributed by atoms with Crippen LogP contribution in [0.15, 0.2) is 24.3 Å². The third-order valence-electron chi connectivity index (χ3n) is 2.57. The van der Waals surface area contributed by atoms with E-state index in [0.717, 1.165) is 5.56 Å². The molecular weight excluding hydrogens is 286 g/mol. The Balaban J connectivity index is 0.00000361. The fourth-order valence-corrected chi connectivity index (χ4v) is 1.46. The predicted octanol–water partition coefficient (Wildman–Crippen LogP) is -1.35. The number of carbonyl (C=O) groups excluding carboxylic acids is 2. The first-order valence-electron chi connectivity index (χ1n) is 5.68. The van der Waals surface area contributed by atoms with E-state index in [-0.39, 0.29) is 24.6 Å². The third kappa shape index (κ3) is 5.43. The number of phenols is 1. The molecule has 0 aliphatic heterocycles. The summed E-state index contributed by atoms with van der Waals surface area (Å²) in [7, 11) is 0. The zero-order chi connectivity index (χ0) is 14.4. The minimum atomic E-state index is -1.14. The lowest BCUT2D eigenvalue weighted by molar-refractivity contribution is -0.128. The van der Waals surface area contributed by atoms with Gasteiger partial charge in [0, 0.05) is 0 Å². The molecule has 112 valence electrons. The highest BCUT2D eigenvalue weighted by Gasteiger charge is 2.21. The number of aromatic hydroxyl groups is 1. The van der Waals surface area contributed by atoms with E-state index in [0.29, 0.717) is 0 Å². The molecule has 8 heteroatoms. The number of hydrogen-bond acceptors (Lipinski definition) is 5. The summed E-state index contributed by atoms with van der Waals surface area (Å²) in [5, 5.41) is 20.2. The number of carbonyl (C=O) groups is 2. The van der Waals surface area contributed by atoms with E-state index >= 15 is 0 Å². The number of nitrogens with two attached hydrogens (primary N) is 2. The van der Waals surface area contributed by atoms with Crippen molar-refractivity contribution >= 4 is 24.2 Å². The highest BCUT2D eigenvalue weighted by molar-refractivity contribution is 5.89. The Morgan fingerprint density at radius 3 is 2.25 bits per heavy atom. The largest absolute Gasteiger partial charge is 0.508 e. The topological polar surface area (TPSA) is 139 Å². The normalized spacial score (nSPS) is 12.9. The van der Waals surface area contributed by atoms with Gasteiger partial charge < -0.3 is 27.0 Å². The molecule has 1 rings (SSSR count). The number of aliphatic hydroxyl groups is 1. The van der Waals surface area contributed by atoms with Crippen molar-refractivity contribution in [2.75, 3.05) is 6.61 Å². The molecule has 20 heavy (non-hydrogen) atoms. The first-order valence-corrected chi connectivity index (χ1v) is 5.68. The van der Waals surface area contributed by atoms with Crippen molar-refractivity contribution < 1.29 is 19.8 Å². The molecule has 1 aromatic carbocycles. The molecule has 2 amide bonds. The fraction of sp³-hybridized carbons (Fsp3) is 0.333.